The van der Waals surface area contributed by atoms with Crippen molar-refractivity contribution in [3.05, 3.63) is 12.2 Å². The van der Waals surface area contributed by atoms with Crippen LogP contribution in [0.3, 0.4) is 0 Å². The van der Waals surface area contributed by atoms with Crippen LogP contribution in [-0.2, 0) is 24.0 Å². The number of aliphatic carboxylic acids is 2. The maximum Gasteiger partial charge on any atom is 0.326 e. The second-order valence-electron chi connectivity index (χ2n) is 5.36. The second-order valence-corrected chi connectivity index (χ2v) is 5.36. The zero-order valence-corrected chi connectivity index (χ0v) is 13.1. The quantitative estimate of drug-likeness (QED) is 0.352. The van der Waals surface area contributed by atoms with Crippen LogP contribution in [0.2, 0.25) is 0 Å². The molecule has 0 saturated carbocycles. The Morgan fingerprint density at radius 2 is 1.62 bits per heavy atom. The van der Waals surface area contributed by atoms with E-state index in [0.717, 1.165) is 4.90 Å². The SMILES string of the molecule is O=C(O)CCC(NC(=O)CCCCCN1C(=O)C=CC1=O)C(=O)O. The maximum atomic E-state index is 11.7. The summed E-state index contributed by atoms with van der Waals surface area (Å²) in [6.07, 6.45) is 3.60. The molecule has 9 heteroatoms. The molecule has 1 rings (SSSR count). The molecule has 24 heavy (non-hydrogen) atoms. The van der Waals surface area contributed by atoms with Crippen LogP contribution >= 0.6 is 0 Å². The third-order valence-corrected chi connectivity index (χ3v) is 3.47. The third-order valence-electron chi connectivity index (χ3n) is 3.47. The van der Waals surface area contributed by atoms with Crippen molar-refractivity contribution in [1.29, 1.82) is 0 Å². The van der Waals surface area contributed by atoms with Gasteiger partial charge in [0, 0.05) is 31.5 Å². The molecule has 3 N–H and O–H groups in total. The number of hydrogen-bond donors (Lipinski definition) is 3. The standard InChI is InChI=1S/C15H20N2O7/c18-11(16-10(15(23)24)5-8-14(21)22)4-2-1-3-9-17-12(19)6-7-13(17)20/h6-7,10H,1-5,8-9H2,(H,16,18)(H,21,22)(H,23,24). The Morgan fingerprint density at radius 1 is 1.00 bits per heavy atom. The Bertz CT molecular complexity index is 538. The normalized spacial score (nSPS) is 14.8. The lowest BCUT2D eigenvalue weighted by molar-refractivity contribution is -0.143. The van der Waals surface area contributed by atoms with Crippen molar-refractivity contribution in [3.63, 3.8) is 0 Å². The second kappa shape index (κ2) is 9.43. The van der Waals surface area contributed by atoms with Crippen LogP contribution in [0.1, 0.15) is 38.5 Å². The highest BCUT2D eigenvalue weighted by molar-refractivity contribution is 6.12. The highest BCUT2D eigenvalue weighted by Crippen LogP contribution is 2.08. The summed E-state index contributed by atoms with van der Waals surface area (Å²) in [5.74, 6) is -3.57. The van der Waals surface area contributed by atoms with E-state index in [4.69, 9.17) is 10.2 Å². The minimum Gasteiger partial charge on any atom is -0.481 e. The zero-order chi connectivity index (χ0) is 18.1. The van der Waals surface area contributed by atoms with Crippen LogP contribution in [0.25, 0.3) is 0 Å². The van der Waals surface area contributed by atoms with E-state index in [1.165, 1.54) is 12.2 Å². The summed E-state index contributed by atoms with van der Waals surface area (Å²) in [4.78, 5) is 56.8. The summed E-state index contributed by atoms with van der Waals surface area (Å²) in [5.41, 5.74) is 0. The van der Waals surface area contributed by atoms with Gasteiger partial charge in [-0.1, -0.05) is 6.42 Å². The number of imide groups is 1. The van der Waals surface area contributed by atoms with Crippen LogP contribution in [0, 0.1) is 0 Å². The molecule has 9 nitrogen and oxygen atoms in total. The van der Waals surface area contributed by atoms with Gasteiger partial charge in [0.1, 0.15) is 6.04 Å². The molecule has 0 aliphatic carbocycles. The number of nitrogens with one attached hydrogen (secondary N) is 1. The zero-order valence-electron chi connectivity index (χ0n) is 13.1. The van der Waals surface area contributed by atoms with E-state index >= 15 is 0 Å². The Labute approximate surface area is 138 Å². The molecule has 0 bridgehead atoms. The van der Waals surface area contributed by atoms with E-state index < -0.39 is 23.9 Å². The van der Waals surface area contributed by atoms with Gasteiger partial charge in [-0.25, -0.2) is 4.79 Å². The van der Waals surface area contributed by atoms with Gasteiger partial charge in [-0.2, -0.15) is 0 Å². The average molecular weight is 340 g/mol. The predicted octanol–water partition coefficient (Wildman–Crippen LogP) is -0.0940. The Hall–Kier alpha value is -2.71. The topological polar surface area (TPSA) is 141 Å². The van der Waals surface area contributed by atoms with E-state index in [1.54, 1.807) is 0 Å². The smallest absolute Gasteiger partial charge is 0.326 e. The van der Waals surface area contributed by atoms with Crippen molar-refractivity contribution < 1.29 is 34.2 Å². The number of carbonyl (C=O) groups excluding carboxylic acids is 3. The summed E-state index contributed by atoms with van der Waals surface area (Å²) in [7, 11) is 0. The summed E-state index contributed by atoms with van der Waals surface area (Å²) in [5, 5.41) is 19.8. The minimum atomic E-state index is -1.27. The predicted molar refractivity (Wildman–Crippen MR) is 80.8 cm³/mol. The molecule has 132 valence electrons. The lowest BCUT2D eigenvalue weighted by atomic mass is 10.1. The van der Waals surface area contributed by atoms with Crippen LogP contribution in [0.15, 0.2) is 12.2 Å². The van der Waals surface area contributed by atoms with Gasteiger partial charge in [-0.15, -0.1) is 0 Å². The number of carbonyl (C=O) groups is 5. The molecule has 1 atom stereocenters. The molecule has 0 spiro atoms. The first-order chi connectivity index (χ1) is 11.3. The van der Waals surface area contributed by atoms with Crippen molar-refractivity contribution in [2.45, 2.75) is 44.6 Å². The highest BCUT2D eigenvalue weighted by atomic mass is 16.4. The summed E-state index contributed by atoms with van der Waals surface area (Å²) in [6.45, 7) is 0.280. The fourth-order valence-electron chi connectivity index (χ4n) is 2.18. The lowest BCUT2D eigenvalue weighted by Crippen LogP contribution is -2.41. The number of rotatable bonds is 11. The Morgan fingerprint density at radius 3 is 2.17 bits per heavy atom. The average Bonchev–Trinajstić information content (AvgIpc) is 2.82. The number of nitrogens with zero attached hydrogens (tertiary/aromatic N) is 1. The molecule has 3 amide bonds. The van der Waals surface area contributed by atoms with E-state index in [2.05, 4.69) is 5.32 Å². The van der Waals surface area contributed by atoms with E-state index in [1.807, 2.05) is 0 Å². The highest BCUT2D eigenvalue weighted by Gasteiger charge is 2.23. The summed E-state index contributed by atoms with van der Waals surface area (Å²) < 4.78 is 0. The Kier molecular flexibility index (Phi) is 7.60. The van der Waals surface area contributed by atoms with Crippen molar-refractivity contribution >= 4 is 29.7 Å². The lowest BCUT2D eigenvalue weighted by Gasteiger charge is -2.14. The van der Waals surface area contributed by atoms with E-state index in [-0.39, 0.29) is 37.6 Å². The van der Waals surface area contributed by atoms with Crippen molar-refractivity contribution in [1.82, 2.24) is 10.2 Å². The number of carboxylic acids is 2. The first kappa shape index (κ1) is 19.3. The molecule has 1 unspecified atom stereocenters. The largest absolute Gasteiger partial charge is 0.481 e. The number of hydrogen-bond acceptors (Lipinski definition) is 5. The third kappa shape index (κ3) is 6.59. The van der Waals surface area contributed by atoms with Crippen LogP contribution in [0.5, 0.6) is 0 Å². The fraction of sp³-hybridized carbons (Fsp3) is 0.533. The monoisotopic (exact) mass is 340 g/mol. The molecule has 0 aromatic heterocycles. The molecule has 0 fully saturated rings. The van der Waals surface area contributed by atoms with E-state index in [9.17, 15) is 24.0 Å². The van der Waals surface area contributed by atoms with Crippen molar-refractivity contribution in [2.24, 2.45) is 0 Å². The van der Waals surface area contributed by atoms with Crippen LogP contribution in [0.4, 0.5) is 0 Å². The first-order valence-corrected chi connectivity index (χ1v) is 7.58. The van der Waals surface area contributed by atoms with Crippen LogP contribution in [-0.4, -0.2) is 57.4 Å². The van der Waals surface area contributed by atoms with Gasteiger partial charge in [0.25, 0.3) is 11.8 Å². The van der Waals surface area contributed by atoms with Gasteiger partial charge in [0.05, 0.1) is 0 Å². The van der Waals surface area contributed by atoms with Gasteiger partial charge in [-0.3, -0.25) is 24.1 Å². The Balaban J connectivity index is 2.20. The molecule has 0 aromatic rings. The summed E-state index contributed by atoms with van der Waals surface area (Å²) in [6, 6.07) is -1.22. The van der Waals surface area contributed by atoms with Crippen LogP contribution < -0.4 is 5.32 Å². The van der Waals surface area contributed by atoms with Gasteiger partial charge in [-0.05, 0) is 19.3 Å². The maximum absolute atomic E-state index is 11.7. The molecular formula is C15H20N2O7. The minimum absolute atomic E-state index is 0.0942. The molecule has 0 saturated heterocycles. The first-order valence-electron chi connectivity index (χ1n) is 7.58. The molecule has 1 aliphatic heterocycles. The van der Waals surface area contributed by atoms with Gasteiger partial charge < -0.3 is 15.5 Å². The number of unbranched alkanes of at least 4 members (excludes halogenated alkanes) is 2. The molecule has 0 aromatic carbocycles. The van der Waals surface area contributed by atoms with Crippen molar-refractivity contribution in [3.8, 4) is 0 Å². The summed E-state index contributed by atoms with van der Waals surface area (Å²) >= 11 is 0. The number of carboxylic acid groups (broad SMARTS) is 2. The van der Waals surface area contributed by atoms with Crippen molar-refractivity contribution in [2.75, 3.05) is 6.54 Å². The molecule has 0 radical (unpaired) electrons. The molecular weight excluding hydrogens is 320 g/mol. The molecule has 1 heterocycles. The van der Waals surface area contributed by atoms with Gasteiger partial charge >= 0.3 is 11.9 Å². The fourth-order valence-corrected chi connectivity index (χ4v) is 2.18. The van der Waals surface area contributed by atoms with Gasteiger partial charge in [0.2, 0.25) is 5.91 Å². The van der Waals surface area contributed by atoms with Gasteiger partial charge in [0.15, 0.2) is 0 Å². The number of amides is 3. The molecule has 1 aliphatic rings. The van der Waals surface area contributed by atoms with E-state index in [0.29, 0.717) is 19.3 Å².